The minimum Gasteiger partial charge on any atom is -0.303 e. The highest BCUT2D eigenvalue weighted by Gasteiger charge is 1.88. The van der Waals surface area contributed by atoms with Gasteiger partial charge in [0.2, 0.25) is 0 Å². The summed E-state index contributed by atoms with van der Waals surface area (Å²) in [6, 6.07) is 0. The first kappa shape index (κ1) is 11.1. The Morgan fingerprint density at radius 3 is 2.08 bits per heavy atom. The van der Waals surface area contributed by atoms with Gasteiger partial charge in [-0.15, -0.1) is 0 Å². The second kappa shape index (κ2) is 10.1. The summed E-state index contributed by atoms with van der Waals surface area (Å²) < 4.78 is 0. The van der Waals surface area contributed by atoms with Crippen LogP contribution < -0.4 is 0 Å². The van der Waals surface area contributed by atoms with Gasteiger partial charge in [0.25, 0.3) is 0 Å². The van der Waals surface area contributed by atoms with Crippen molar-refractivity contribution in [2.75, 3.05) is 0 Å². The van der Waals surface area contributed by atoms with Crippen LogP contribution in [0.4, 0.5) is 0 Å². The quantitative estimate of drug-likeness (QED) is 0.335. The minimum absolute atomic E-state index is 0.736. The third kappa shape index (κ3) is 9.12. The Labute approximate surface area is 74.2 Å². The van der Waals surface area contributed by atoms with Crippen molar-refractivity contribution in [1.29, 1.82) is 5.41 Å². The number of nitrogens with one attached hydrogen (secondary N) is 1. The molecule has 2 nitrogen and oxygen atoms in total. The summed E-state index contributed by atoms with van der Waals surface area (Å²) in [6.45, 7) is 0. The Morgan fingerprint density at radius 1 is 0.917 bits per heavy atom. The monoisotopic (exact) mass is 165 g/mol. The Hall–Kier alpha value is -0.880. The summed E-state index contributed by atoms with van der Waals surface area (Å²) in [4.78, 5) is 9.71. The fraction of sp³-hybridized carbons (Fsp3) is 0.700. The summed E-state index contributed by atoms with van der Waals surface area (Å²) in [5, 5.41) is 6.67. The number of rotatable bonds is 8. The molecule has 66 valence electrons. The molecule has 12 heavy (non-hydrogen) atoms. The van der Waals surface area contributed by atoms with E-state index in [1.165, 1.54) is 6.42 Å². The van der Waals surface area contributed by atoms with Crippen molar-refractivity contribution in [3.63, 3.8) is 0 Å². The van der Waals surface area contributed by atoms with Gasteiger partial charge in [-0.3, -0.25) is 0 Å². The van der Waals surface area contributed by atoms with Gasteiger partial charge in [0.1, 0.15) is 5.94 Å². The molecule has 0 saturated carbocycles. The van der Waals surface area contributed by atoms with Crippen LogP contribution in [0.5, 0.6) is 0 Å². The van der Waals surface area contributed by atoms with Crippen LogP contribution in [0.3, 0.4) is 0 Å². The fourth-order valence-electron chi connectivity index (χ4n) is 1.01. The molecule has 0 aliphatic carbocycles. The lowest BCUT2D eigenvalue weighted by Crippen LogP contribution is -1.79. The van der Waals surface area contributed by atoms with Crippen LogP contribution in [0.2, 0.25) is 0 Å². The summed E-state index contributed by atoms with van der Waals surface area (Å²) in [5.41, 5.74) is 0. The Balaban J connectivity index is 2.90. The van der Waals surface area contributed by atoms with Crippen molar-refractivity contribution < 1.29 is 4.79 Å². The third-order valence-electron chi connectivity index (χ3n) is 1.68. The van der Waals surface area contributed by atoms with E-state index >= 15 is 0 Å². The molecule has 2 heteroatoms. The average molecular weight is 165 g/mol. The van der Waals surface area contributed by atoms with Gasteiger partial charge in [0.05, 0.1) is 12.3 Å². The molecule has 2 radical (unpaired) electrons. The lowest BCUT2D eigenvalue weighted by Gasteiger charge is -1.96. The Bertz CT molecular complexity index is 148. The maximum absolute atomic E-state index is 9.71. The van der Waals surface area contributed by atoms with E-state index in [0.717, 1.165) is 38.5 Å². The van der Waals surface area contributed by atoms with E-state index in [0.29, 0.717) is 0 Å². The maximum Gasteiger partial charge on any atom is 0.128 e. The summed E-state index contributed by atoms with van der Waals surface area (Å²) in [7, 11) is 0. The Kier molecular flexibility index (Phi) is 9.38. The molecule has 0 rings (SSSR count). The van der Waals surface area contributed by atoms with Crippen LogP contribution in [0.15, 0.2) is 0 Å². The van der Waals surface area contributed by atoms with Gasteiger partial charge in [-0.2, -0.15) is 0 Å². The first-order valence-electron chi connectivity index (χ1n) is 4.41. The maximum atomic E-state index is 9.71. The van der Waals surface area contributed by atoms with E-state index < -0.39 is 0 Å². The molecule has 0 unspecified atom stereocenters. The second-order valence-corrected chi connectivity index (χ2v) is 2.72. The van der Waals surface area contributed by atoms with Crippen molar-refractivity contribution >= 4 is 12.2 Å². The van der Waals surface area contributed by atoms with Gasteiger partial charge >= 0.3 is 0 Å². The molecule has 0 spiro atoms. The molecule has 0 amide bonds. The second-order valence-electron chi connectivity index (χ2n) is 2.72. The van der Waals surface area contributed by atoms with E-state index in [-0.39, 0.29) is 0 Å². The normalized spacial score (nSPS) is 9.00. The number of carbonyl (C=O) groups excluding carboxylic acids is 1. The molecule has 0 aliphatic rings. The number of hydrogen-bond acceptors (Lipinski definition) is 2. The fourth-order valence-corrected chi connectivity index (χ4v) is 1.01. The van der Waals surface area contributed by atoms with Crippen molar-refractivity contribution in [2.45, 2.75) is 44.9 Å². The summed E-state index contributed by atoms with van der Waals surface area (Å²) in [6.07, 6.45) is 12.0. The van der Waals surface area contributed by atoms with E-state index in [2.05, 4.69) is 12.3 Å². The van der Waals surface area contributed by atoms with Crippen LogP contribution in [0.1, 0.15) is 44.9 Å². The molecule has 1 N–H and O–H groups in total. The number of hydrogen-bond donors (Lipinski definition) is 1. The largest absolute Gasteiger partial charge is 0.303 e. The lowest BCUT2D eigenvalue weighted by molar-refractivity contribution is 0.565. The van der Waals surface area contributed by atoms with E-state index in [1.807, 2.05) is 0 Å². The minimum atomic E-state index is 0.736. The first-order valence-corrected chi connectivity index (χ1v) is 4.41. The van der Waals surface area contributed by atoms with Crippen LogP contribution >= 0.6 is 0 Å². The number of unbranched alkanes of at least 4 members (excludes halogenated alkanes) is 6. The van der Waals surface area contributed by atoms with Crippen LogP contribution in [-0.4, -0.2) is 12.2 Å². The van der Waals surface area contributed by atoms with Crippen molar-refractivity contribution in [2.24, 2.45) is 0 Å². The molecule has 0 aliphatic heterocycles. The first-order chi connectivity index (χ1) is 5.91. The Morgan fingerprint density at radius 2 is 1.50 bits per heavy atom. The van der Waals surface area contributed by atoms with Crippen LogP contribution in [0, 0.1) is 11.5 Å². The molecule has 0 aromatic carbocycles. The molecular weight excluding hydrogens is 150 g/mol. The van der Waals surface area contributed by atoms with Crippen molar-refractivity contribution in [3.05, 3.63) is 6.08 Å². The van der Waals surface area contributed by atoms with Crippen LogP contribution in [0.25, 0.3) is 0 Å². The summed E-state index contributed by atoms with van der Waals surface area (Å²) in [5.74, 6) is 1.64. The topological polar surface area (TPSA) is 40.9 Å². The highest BCUT2D eigenvalue weighted by atomic mass is 16.1. The highest BCUT2D eigenvalue weighted by molar-refractivity contribution is 5.52. The molecule has 0 aromatic rings. The van der Waals surface area contributed by atoms with Crippen molar-refractivity contribution in [1.82, 2.24) is 0 Å². The predicted molar refractivity (Wildman–Crippen MR) is 49.0 cm³/mol. The molecule has 0 heterocycles. The van der Waals surface area contributed by atoms with Gasteiger partial charge in [-0.05, 0) is 25.7 Å². The van der Waals surface area contributed by atoms with Crippen LogP contribution in [-0.2, 0) is 4.79 Å². The number of allylic oxidation sites excluding steroid dienone is 1. The zero-order chi connectivity index (χ0) is 9.07. The van der Waals surface area contributed by atoms with Gasteiger partial charge in [-0.1, -0.05) is 19.3 Å². The molecule has 0 saturated heterocycles. The van der Waals surface area contributed by atoms with E-state index in [1.54, 1.807) is 5.94 Å². The van der Waals surface area contributed by atoms with Gasteiger partial charge in [0.15, 0.2) is 0 Å². The van der Waals surface area contributed by atoms with Gasteiger partial charge in [-0.25, -0.2) is 4.79 Å². The van der Waals surface area contributed by atoms with E-state index in [9.17, 15) is 4.79 Å². The standard InChI is InChI=1S/C10H15NO/c11-9-7-5-3-1-2-4-6-8-10-12/h11H,1-7H2. The zero-order valence-corrected chi connectivity index (χ0v) is 7.36. The van der Waals surface area contributed by atoms with Crippen molar-refractivity contribution in [3.8, 4) is 0 Å². The SMILES string of the molecule is N=[C]CCCCCCC[C]=C=O. The lowest BCUT2D eigenvalue weighted by atomic mass is 10.1. The third-order valence-corrected chi connectivity index (χ3v) is 1.68. The molecular formula is C10H15NO. The smallest absolute Gasteiger partial charge is 0.128 e. The van der Waals surface area contributed by atoms with Gasteiger partial charge in [0, 0.05) is 0 Å². The molecule has 0 atom stereocenters. The average Bonchev–Trinajstić information content (AvgIpc) is 2.10. The predicted octanol–water partition coefficient (Wildman–Crippen LogP) is 2.43. The highest BCUT2D eigenvalue weighted by Crippen LogP contribution is 2.05. The zero-order valence-electron chi connectivity index (χ0n) is 7.36. The molecule has 0 bridgehead atoms. The molecule has 0 fully saturated rings. The summed E-state index contributed by atoms with van der Waals surface area (Å²) >= 11 is 0. The molecule has 0 aromatic heterocycles. The van der Waals surface area contributed by atoms with Gasteiger partial charge < -0.3 is 5.41 Å². The van der Waals surface area contributed by atoms with E-state index in [4.69, 9.17) is 5.41 Å².